The van der Waals surface area contributed by atoms with Crippen LogP contribution in [0.15, 0.2) is 42.5 Å². The topological polar surface area (TPSA) is 52.4 Å². The van der Waals surface area contributed by atoms with Gasteiger partial charge in [0.25, 0.3) is 0 Å². The van der Waals surface area contributed by atoms with Crippen molar-refractivity contribution in [3.63, 3.8) is 0 Å². The van der Waals surface area contributed by atoms with Crippen LogP contribution in [0.3, 0.4) is 0 Å². The maximum atomic E-state index is 12.7. The van der Waals surface area contributed by atoms with Gasteiger partial charge in [-0.05, 0) is 41.7 Å². The second kappa shape index (κ2) is 6.74. The second-order valence-corrected chi connectivity index (χ2v) is 6.30. The van der Waals surface area contributed by atoms with E-state index in [1.165, 1.54) is 0 Å². The smallest absolute Gasteiger partial charge is 0.416 e. The minimum Gasteiger partial charge on any atom is -0.450 e. The minimum atomic E-state index is -4.66. The normalized spacial score (nSPS) is 12.1. The van der Waals surface area contributed by atoms with Crippen molar-refractivity contribution in [1.82, 2.24) is 0 Å². The van der Waals surface area contributed by atoms with E-state index in [1.54, 1.807) is 18.2 Å². The van der Waals surface area contributed by atoms with Crippen molar-refractivity contribution in [2.45, 2.75) is 38.8 Å². The van der Waals surface area contributed by atoms with Crippen LogP contribution >= 0.6 is 0 Å². The number of hydrogen-bond donors (Lipinski definition) is 0. The Bertz CT molecular complexity index is 785. The molecule has 0 aromatic heterocycles. The molecule has 25 heavy (non-hydrogen) atoms. The maximum absolute atomic E-state index is 12.7. The Labute approximate surface area is 143 Å². The van der Waals surface area contributed by atoms with E-state index in [0.29, 0.717) is 11.8 Å². The standard InChI is InChI=1S/C18H18F3NO3/c1-4-17(2,3)12-6-5-7-14(10-12)25-16-9-8-13(18(19,20)21)11-15(16)22(23)24/h5-11H,4H2,1-3H3. The predicted molar refractivity (Wildman–Crippen MR) is 87.9 cm³/mol. The lowest BCUT2D eigenvalue weighted by atomic mass is 9.82. The molecule has 134 valence electrons. The molecule has 0 amide bonds. The van der Waals surface area contributed by atoms with Crippen LogP contribution in [0.1, 0.15) is 38.3 Å². The van der Waals surface area contributed by atoms with Crippen LogP contribution in [-0.4, -0.2) is 4.92 Å². The summed E-state index contributed by atoms with van der Waals surface area (Å²) in [7, 11) is 0. The number of alkyl halides is 3. The van der Waals surface area contributed by atoms with Crippen LogP contribution in [0.2, 0.25) is 0 Å². The first kappa shape index (κ1) is 18.8. The van der Waals surface area contributed by atoms with Gasteiger partial charge in [-0.2, -0.15) is 13.2 Å². The Kier molecular flexibility index (Phi) is 5.06. The van der Waals surface area contributed by atoms with E-state index in [-0.39, 0.29) is 11.2 Å². The van der Waals surface area contributed by atoms with E-state index < -0.39 is 22.4 Å². The molecule has 7 heteroatoms. The van der Waals surface area contributed by atoms with E-state index in [4.69, 9.17) is 4.74 Å². The highest BCUT2D eigenvalue weighted by molar-refractivity contribution is 5.51. The van der Waals surface area contributed by atoms with E-state index in [0.717, 1.165) is 24.1 Å². The fourth-order valence-corrected chi connectivity index (χ4v) is 2.23. The van der Waals surface area contributed by atoms with Crippen LogP contribution in [0.25, 0.3) is 0 Å². The fourth-order valence-electron chi connectivity index (χ4n) is 2.23. The van der Waals surface area contributed by atoms with Crippen molar-refractivity contribution in [3.05, 3.63) is 63.7 Å². The van der Waals surface area contributed by atoms with Crippen molar-refractivity contribution < 1.29 is 22.8 Å². The molecule has 2 aromatic rings. The summed E-state index contributed by atoms with van der Waals surface area (Å²) in [6, 6.07) is 9.23. The van der Waals surface area contributed by atoms with Crippen molar-refractivity contribution in [2.75, 3.05) is 0 Å². The minimum absolute atomic E-state index is 0.120. The van der Waals surface area contributed by atoms with E-state index in [2.05, 4.69) is 0 Å². The van der Waals surface area contributed by atoms with Gasteiger partial charge >= 0.3 is 11.9 Å². The number of benzene rings is 2. The van der Waals surface area contributed by atoms with Crippen LogP contribution in [0.5, 0.6) is 11.5 Å². The summed E-state index contributed by atoms with van der Waals surface area (Å²) >= 11 is 0. The fraction of sp³-hybridized carbons (Fsp3) is 0.333. The number of nitro groups is 1. The van der Waals surface area contributed by atoms with Gasteiger partial charge in [0.15, 0.2) is 0 Å². The SMILES string of the molecule is CCC(C)(C)c1cccc(Oc2ccc(C(F)(F)F)cc2[N+](=O)[O-])c1. The van der Waals surface area contributed by atoms with Gasteiger partial charge in [-0.15, -0.1) is 0 Å². The third-order valence-electron chi connectivity index (χ3n) is 4.21. The Morgan fingerprint density at radius 2 is 1.76 bits per heavy atom. The molecule has 0 radical (unpaired) electrons. The van der Waals surface area contributed by atoms with Crippen molar-refractivity contribution in [2.24, 2.45) is 0 Å². The van der Waals surface area contributed by atoms with Crippen molar-refractivity contribution in [3.8, 4) is 11.5 Å². The lowest BCUT2D eigenvalue weighted by Crippen LogP contribution is -2.15. The number of hydrogen-bond acceptors (Lipinski definition) is 3. The van der Waals surface area contributed by atoms with Crippen LogP contribution in [0, 0.1) is 10.1 Å². The molecule has 0 spiro atoms. The number of ether oxygens (including phenoxy) is 1. The van der Waals surface area contributed by atoms with Gasteiger partial charge in [0.1, 0.15) is 5.75 Å². The van der Waals surface area contributed by atoms with Gasteiger partial charge in [-0.3, -0.25) is 10.1 Å². The van der Waals surface area contributed by atoms with E-state index in [9.17, 15) is 23.3 Å². The Balaban J connectivity index is 2.41. The first-order chi connectivity index (χ1) is 11.5. The molecule has 0 heterocycles. The number of nitrogens with zero attached hydrogens (tertiary/aromatic N) is 1. The number of nitro benzene ring substituents is 1. The molecule has 0 aliphatic heterocycles. The monoisotopic (exact) mass is 353 g/mol. The Morgan fingerprint density at radius 1 is 1.08 bits per heavy atom. The molecule has 2 rings (SSSR count). The summed E-state index contributed by atoms with van der Waals surface area (Å²) < 4.78 is 43.8. The first-order valence-electron chi connectivity index (χ1n) is 7.68. The molecule has 0 fully saturated rings. The number of rotatable bonds is 5. The van der Waals surface area contributed by atoms with Gasteiger partial charge in [-0.25, -0.2) is 0 Å². The summed E-state index contributed by atoms with van der Waals surface area (Å²) in [6.45, 7) is 6.13. The molecule has 0 bridgehead atoms. The molecule has 4 nitrogen and oxygen atoms in total. The second-order valence-electron chi connectivity index (χ2n) is 6.30. The van der Waals surface area contributed by atoms with Crippen molar-refractivity contribution >= 4 is 5.69 Å². The van der Waals surface area contributed by atoms with Crippen LogP contribution in [-0.2, 0) is 11.6 Å². The summed E-state index contributed by atoms with van der Waals surface area (Å²) in [5.74, 6) is 0.103. The lowest BCUT2D eigenvalue weighted by molar-refractivity contribution is -0.385. The molecule has 0 saturated heterocycles. The van der Waals surface area contributed by atoms with Crippen molar-refractivity contribution in [1.29, 1.82) is 0 Å². The molecular formula is C18H18F3NO3. The molecule has 0 unspecified atom stereocenters. The van der Waals surface area contributed by atoms with E-state index >= 15 is 0 Å². The first-order valence-corrected chi connectivity index (χ1v) is 7.68. The third kappa shape index (κ3) is 4.29. The van der Waals surface area contributed by atoms with Gasteiger partial charge in [0.2, 0.25) is 5.75 Å². The molecule has 0 saturated carbocycles. The average Bonchev–Trinajstić information content (AvgIpc) is 2.54. The average molecular weight is 353 g/mol. The third-order valence-corrected chi connectivity index (χ3v) is 4.21. The highest BCUT2D eigenvalue weighted by Gasteiger charge is 2.33. The molecule has 0 aliphatic rings. The zero-order valence-corrected chi connectivity index (χ0v) is 14.1. The Hall–Kier alpha value is -2.57. The molecule has 0 aliphatic carbocycles. The lowest BCUT2D eigenvalue weighted by Gasteiger charge is -2.23. The highest BCUT2D eigenvalue weighted by Crippen LogP contribution is 2.38. The maximum Gasteiger partial charge on any atom is 0.416 e. The van der Waals surface area contributed by atoms with Gasteiger partial charge < -0.3 is 4.74 Å². The van der Waals surface area contributed by atoms with E-state index in [1.807, 2.05) is 26.8 Å². The highest BCUT2D eigenvalue weighted by atomic mass is 19.4. The largest absolute Gasteiger partial charge is 0.450 e. The molecular weight excluding hydrogens is 335 g/mol. The number of halogens is 3. The van der Waals surface area contributed by atoms with Gasteiger partial charge in [0.05, 0.1) is 10.5 Å². The van der Waals surface area contributed by atoms with Gasteiger partial charge in [-0.1, -0.05) is 32.9 Å². The summed E-state index contributed by atoms with van der Waals surface area (Å²) in [6.07, 6.45) is -3.79. The summed E-state index contributed by atoms with van der Waals surface area (Å²) in [5, 5.41) is 11.1. The van der Waals surface area contributed by atoms with Crippen LogP contribution in [0.4, 0.5) is 18.9 Å². The summed E-state index contributed by atoms with van der Waals surface area (Å²) in [4.78, 5) is 10.2. The van der Waals surface area contributed by atoms with Crippen LogP contribution < -0.4 is 4.74 Å². The molecule has 0 atom stereocenters. The summed E-state index contributed by atoms with van der Waals surface area (Å²) in [5.41, 5.74) is -0.963. The predicted octanol–water partition coefficient (Wildman–Crippen LogP) is 6.09. The zero-order valence-electron chi connectivity index (χ0n) is 14.1. The quantitative estimate of drug-likeness (QED) is 0.482. The molecule has 0 N–H and O–H groups in total. The Morgan fingerprint density at radius 3 is 2.32 bits per heavy atom. The zero-order chi connectivity index (χ0) is 18.8. The molecule has 2 aromatic carbocycles. The van der Waals surface area contributed by atoms with Gasteiger partial charge in [0, 0.05) is 6.07 Å².